The minimum absolute atomic E-state index is 0.135. The number of nitrogens with one attached hydrogen (secondary N) is 1. The summed E-state index contributed by atoms with van der Waals surface area (Å²) in [5.74, 6) is 0.215. The molecule has 0 bridgehead atoms. The highest BCUT2D eigenvalue weighted by Gasteiger charge is 2.30. The van der Waals surface area contributed by atoms with Gasteiger partial charge in [0.05, 0.1) is 0 Å². The van der Waals surface area contributed by atoms with Crippen LogP contribution in [0.25, 0.3) is 0 Å². The second kappa shape index (κ2) is 7.27. The lowest BCUT2D eigenvalue weighted by atomic mass is 9.95. The van der Waals surface area contributed by atoms with E-state index in [0.717, 1.165) is 31.5 Å². The number of anilines is 1. The summed E-state index contributed by atoms with van der Waals surface area (Å²) in [6.45, 7) is 2.89. The fourth-order valence-electron chi connectivity index (χ4n) is 3.72. The van der Waals surface area contributed by atoms with Gasteiger partial charge in [0, 0.05) is 44.2 Å². The molecule has 0 radical (unpaired) electrons. The van der Waals surface area contributed by atoms with Gasteiger partial charge in [0.1, 0.15) is 12.5 Å². The third-order valence-electron chi connectivity index (χ3n) is 5.20. The van der Waals surface area contributed by atoms with Crippen LogP contribution in [-0.4, -0.2) is 42.8 Å². The Balaban J connectivity index is 1.35. The first-order chi connectivity index (χ1) is 12.7. The SMILES string of the molecule is O=C1CCN(Cc2cccc(N3CCC(C4OC=CO4)CC3)c2)C(=O)N1. The molecule has 0 unspecified atom stereocenters. The molecule has 0 spiro atoms. The monoisotopic (exact) mass is 357 g/mol. The van der Waals surface area contributed by atoms with Gasteiger partial charge in [0.15, 0.2) is 0 Å². The van der Waals surface area contributed by atoms with Gasteiger partial charge in [0.2, 0.25) is 12.2 Å². The van der Waals surface area contributed by atoms with E-state index in [4.69, 9.17) is 9.47 Å². The summed E-state index contributed by atoms with van der Waals surface area (Å²) in [6, 6.07) is 7.97. The van der Waals surface area contributed by atoms with Crippen molar-refractivity contribution in [2.24, 2.45) is 5.92 Å². The van der Waals surface area contributed by atoms with Crippen molar-refractivity contribution < 1.29 is 19.1 Å². The van der Waals surface area contributed by atoms with Gasteiger partial charge in [-0.1, -0.05) is 12.1 Å². The zero-order chi connectivity index (χ0) is 17.9. The van der Waals surface area contributed by atoms with Gasteiger partial charge in [-0.25, -0.2) is 4.79 Å². The molecule has 2 saturated heterocycles. The van der Waals surface area contributed by atoms with Gasteiger partial charge in [0.25, 0.3) is 0 Å². The lowest BCUT2D eigenvalue weighted by Crippen LogP contribution is -2.48. The molecule has 3 heterocycles. The van der Waals surface area contributed by atoms with Crippen molar-refractivity contribution in [1.29, 1.82) is 0 Å². The van der Waals surface area contributed by atoms with E-state index >= 15 is 0 Å². The van der Waals surface area contributed by atoms with Gasteiger partial charge >= 0.3 is 6.03 Å². The average Bonchev–Trinajstić information content (AvgIpc) is 3.19. The van der Waals surface area contributed by atoms with Gasteiger partial charge < -0.3 is 19.3 Å². The fraction of sp³-hybridized carbons (Fsp3) is 0.474. The van der Waals surface area contributed by atoms with E-state index in [2.05, 4.69) is 22.3 Å². The standard InChI is InChI=1S/C19H23N3O4/c23-17-6-9-22(19(24)20-17)13-14-2-1-3-16(12-14)21-7-4-15(5-8-21)18-25-10-11-26-18/h1-3,10-12,15,18H,4-9,13H2,(H,20,23,24). The topological polar surface area (TPSA) is 71.1 Å². The van der Waals surface area contributed by atoms with Crippen LogP contribution in [0, 0.1) is 5.92 Å². The average molecular weight is 357 g/mol. The van der Waals surface area contributed by atoms with Gasteiger partial charge in [-0.15, -0.1) is 0 Å². The first-order valence-electron chi connectivity index (χ1n) is 9.07. The second-order valence-corrected chi connectivity index (χ2v) is 6.93. The Kier molecular flexibility index (Phi) is 4.69. The summed E-state index contributed by atoms with van der Waals surface area (Å²) in [6.07, 6.45) is 5.50. The number of hydrogen-bond acceptors (Lipinski definition) is 5. The number of hydrogen-bond donors (Lipinski definition) is 1. The molecule has 0 aliphatic carbocycles. The molecule has 138 valence electrons. The van der Waals surface area contributed by atoms with Crippen LogP contribution in [-0.2, 0) is 20.8 Å². The number of imide groups is 1. The molecule has 0 atom stereocenters. The van der Waals surface area contributed by atoms with Crippen LogP contribution in [0.3, 0.4) is 0 Å². The third-order valence-corrected chi connectivity index (χ3v) is 5.20. The van der Waals surface area contributed by atoms with Crippen LogP contribution in [0.2, 0.25) is 0 Å². The second-order valence-electron chi connectivity index (χ2n) is 6.93. The Labute approximate surface area is 152 Å². The van der Waals surface area contributed by atoms with Crippen LogP contribution >= 0.6 is 0 Å². The number of piperidine rings is 1. The summed E-state index contributed by atoms with van der Waals surface area (Å²) in [7, 11) is 0. The number of rotatable bonds is 4. The minimum Gasteiger partial charge on any atom is -0.459 e. The van der Waals surface area contributed by atoms with E-state index in [1.165, 1.54) is 5.69 Å². The Morgan fingerprint density at radius 1 is 1.08 bits per heavy atom. The molecule has 0 aromatic heterocycles. The summed E-state index contributed by atoms with van der Waals surface area (Å²) in [5, 5.41) is 2.37. The summed E-state index contributed by atoms with van der Waals surface area (Å²) in [5.41, 5.74) is 2.24. The predicted molar refractivity (Wildman–Crippen MR) is 95.0 cm³/mol. The minimum atomic E-state index is -0.308. The first kappa shape index (κ1) is 16.8. The number of carbonyl (C=O) groups excluding carboxylic acids is 2. The molecule has 3 aliphatic heterocycles. The molecule has 0 saturated carbocycles. The van der Waals surface area contributed by atoms with Crippen molar-refractivity contribution in [2.75, 3.05) is 24.5 Å². The molecule has 1 N–H and O–H groups in total. The maximum Gasteiger partial charge on any atom is 0.324 e. The van der Waals surface area contributed by atoms with Crippen molar-refractivity contribution in [2.45, 2.75) is 32.1 Å². The zero-order valence-electron chi connectivity index (χ0n) is 14.6. The number of urea groups is 1. The molecule has 7 heteroatoms. The fourth-order valence-corrected chi connectivity index (χ4v) is 3.72. The van der Waals surface area contributed by atoms with E-state index in [0.29, 0.717) is 25.4 Å². The normalized spacial score (nSPS) is 21.5. The van der Waals surface area contributed by atoms with Crippen LogP contribution in [0.15, 0.2) is 36.8 Å². The van der Waals surface area contributed by atoms with Gasteiger partial charge in [-0.2, -0.15) is 0 Å². The smallest absolute Gasteiger partial charge is 0.324 e. The molecule has 3 amide bonds. The van der Waals surface area contributed by atoms with E-state index < -0.39 is 0 Å². The maximum atomic E-state index is 11.9. The van der Waals surface area contributed by atoms with Crippen LogP contribution < -0.4 is 10.2 Å². The molecule has 1 aromatic carbocycles. The van der Waals surface area contributed by atoms with E-state index in [1.54, 1.807) is 17.4 Å². The summed E-state index contributed by atoms with van der Waals surface area (Å²) < 4.78 is 10.9. The predicted octanol–water partition coefficient (Wildman–Crippen LogP) is 2.19. The third kappa shape index (κ3) is 3.61. The molecule has 7 nitrogen and oxygen atoms in total. The Morgan fingerprint density at radius 2 is 1.85 bits per heavy atom. The zero-order valence-corrected chi connectivity index (χ0v) is 14.6. The molecular weight excluding hydrogens is 334 g/mol. The van der Waals surface area contributed by atoms with Crippen LogP contribution in [0.1, 0.15) is 24.8 Å². The van der Waals surface area contributed by atoms with Crippen molar-refractivity contribution in [3.05, 3.63) is 42.4 Å². The quantitative estimate of drug-likeness (QED) is 0.894. The number of amides is 3. The van der Waals surface area contributed by atoms with E-state index in [-0.39, 0.29) is 18.2 Å². The highest BCUT2D eigenvalue weighted by Crippen LogP contribution is 2.29. The lowest BCUT2D eigenvalue weighted by molar-refractivity contribution is -0.121. The van der Waals surface area contributed by atoms with Crippen molar-refractivity contribution in [3.8, 4) is 0 Å². The van der Waals surface area contributed by atoms with E-state index in [9.17, 15) is 9.59 Å². The van der Waals surface area contributed by atoms with E-state index in [1.807, 2.05) is 12.1 Å². The van der Waals surface area contributed by atoms with Gasteiger partial charge in [-0.3, -0.25) is 10.1 Å². The molecule has 26 heavy (non-hydrogen) atoms. The molecule has 4 rings (SSSR count). The number of nitrogens with zero attached hydrogens (tertiary/aromatic N) is 2. The molecule has 1 aromatic rings. The van der Waals surface area contributed by atoms with Gasteiger partial charge in [-0.05, 0) is 30.5 Å². The summed E-state index contributed by atoms with van der Waals surface area (Å²) in [4.78, 5) is 27.2. The number of ether oxygens (including phenoxy) is 2. The van der Waals surface area contributed by atoms with Crippen LogP contribution in [0.4, 0.5) is 10.5 Å². The molecule has 3 aliphatic rings. The maximum absolute atomic E-state index is 11.9. The largest absolute Gasteiger partial charge is 0.459 e. The lowest BCUT2D eigenvalue weighted by Gasteiger charge is -2.35. The molecule has 2 fully saturated rings. The highest BCUT2D eigenvalue weighted by molar-refractivity contribution is 5.96. The number of benzene rings is 1. The Hall–Kier alpha value is -2.70. The summed E-state index contributed by atoms with van der Waals surface area (Å²) >= 11 is 0. The Bertz CT molecular complexity index is 704. The van der Waals surface area contributed by atoms with Crippen LogP contribution in [0.5, 0.6) is 0 Å². The Morgan fingerprint density at radius 3 is 2.58 bits per heavy atom. The molecular formula is C19H23N3O4. The van der Waals surface area contributed by atoms with Crippen molar-refractivity contribution in [1.82, 2.24) is 10.2 Å². The highest BCUT2D eigenvalue weighted by atomic mass is 16.7. The van der Waals surface area contributed by atoms with Crippen molar-refractivity contribution >= 4 is 17.6 Å². The number of carbonyl (C=O) groups is 2. The first-order valence-corrected chi connectivity index (χ1v) is 9.07. The van der Waals surface area contributed by atoms with Crippen molar-refractivity contribution in [3.63, 3.8) is 0 Å².